The number of nitrogens with zero attached hydrogens (tertiary/aromatic N) is 2. The molecule has 0 fully saturated rings. The van der Waals surface area contributed by atoms with E-state index in [0.29, 0.717) is 5.03 Å². The van der Waals surface area contributed by atoms with E-state index in [-0.39, 0.29) is 5.96 Å². The van der Waals surface area contributed by atoms with E-state index in [9.17, 15) is 0 Å². The van der Waals surface area contributed by atoms with Crippen LogP contribution in [0, 0.1) is 0 Å². The molecule has 16 heavy (non-hydrogen) atoms. The summed E-state index contributed by atoms with van der Waals surface area (Å²) in [5.74, 6) is -0.0834. The Morgan fingerprint density at radius 2 is 1.88 bits per heavy atom. The van der Waals surface area contributed by atoms with Crippen LogP contribution in [0.3, 0.4) is 0 Å². The fraction of sp³-hybridized carbons (Fsp3) is 0.0909. The van der Waals surface area contributed by atoms with Gasteiger partial charge in [-0.3, -0.25) is 0 Å². The molecule has 4 N–H and O–H groups in total. The molecule has 0 heterocycles. The molecule has 0 aliphatic carbocycles. The first-order chi connectivity index (χ1) is 7.61. The van der Waals surface area contributed by atoms with Crippen molar-refractivity contribution in [2.45, 2.75) is 6.92 Å². The number of benzene rings is 1. The number of rotatable bonds is 3. The topological polar surface area (TPSA) is 76.8 Å². The second kappa shape index (κ2) is 5.92. The van der Waals surface area contributed by atoms with Crippen molar-refractivity contribution in [3.05, 3.63) is 41.5 Å². The van der Waals surface area contributed by atoms with Gasteiger partial charge in [-0.25, -0.2) is 0 Å². The average molecular weight is 237 g/mol. The van der Waals surface area contributed by atoms with Gasteiger partial charge in [0.25, 0.3) is 0 Å². The molecule has 0 saturated carbocycles. The van der Waals surface area contributed by atoms with E-state index in [2.05, 4.69) is 10.2 Å². The van der Waals surface area contributed by atoms with E-state index < -0.39 is 0 Å². The first-order valence-electron chi connectivity index (χ1n) is 4.65. The number of hydrogen-bond donors (Lipinski definition) is 2. The summed E-state index contributed by atoms with van der Waals surface area (Å²) in [6.07, 6.45) is 1.51. The van der Waals surface area contributed by atoms with Crippen molar-refractivity contribution in [2.75, 3.05) is 0 Å². The molecular formula is C11H13ClN4. The van der Waals surface area contributed by atoms with Crippen LogP contribution in [0.15, 0.2) is 46.1 Å². The Morgan fingerprint density at radius 1 is 1.25 bits per heavy atom. The van der Waals surface area contributed by atoms with E-state index >= 15 is 0 Å². The smallest absolute Gasteiger partial charge is 0.211 e. The fourth-order valence-electron chi connectivity index (χ4n) is 1.05. The summed E-state index contributed by atoms with van der Waals surface area (Å²) >= 11 is 6.15. The van der Waals surface area contributed by atoms with Crippen molar-refractivity contribution in [1.82, 2.24) is 0 Å². The first kappa shape index (κ1) is 12.3. The van der Waals surface area contributed by atoms with E-state index in [0.717, 1.165) is 11.1 Å². The molecule has 1 aromatic carbocycles. The minimum absolute atomic E-state index is 0.0834. The van der Waals surface area contributed by atoms with Crippen molar-refractivity contribution in [1.29, 1.82) is 0 Å². The van der Waals surface area contributed by atoms with Gasteiger partial charge in [-0.15, -0.1) is 5.10 Å². The average Bonchev–Trinajstić information content (AvgIpc) is 2.28. The molecule has 0 aliphatic rings. The van der Waals surface area contributed by atoms with Crippen molar-refractivity contribution < 1.29 is 0 Å². The zero-order valence-corrected chi connectivity index (χ0v) is 9.65. The summed E-state index contributed by atoms with van der Waals surface area (Å²) < 4.78 is 0. The summed E-state index contributed by atoms with van der Waals surface area (Å²) in [5, 5.41) is 7.80. The highest BCUT2D eigenvalue weighted by atomic mass is 35.5. The summed E-state index contributed by atoms with van der Waals surface area (Å²) in [4.78, 5) is 0. The number of nitrogens with two attached hydrogens (primary N) is 2. The highest BCUT2D eigenvalue weighted by molar-refractivity contribution is 6.50. The maximum Gasteiger partial charge on any atom is 0.211 e. The Bertz CT molecular complexity index is 431. The molecule has 0 unspecified atom stereocenters. The first-order valence-corrected chi connectivity index (χ1v) is 5.03. The molecule has 0 atom stereocenters. The van der Waals surface area contributed by atoms with E-state index in [1.165, 1.54) is 6.21 Å². The summed E-state index contributed by atoms with van der Waals surface area (Å²) in [6, 6.07) is 9.59. The van der Waals surface area contributed by atoms with Crippen LogP contribution in [0.2, 0.25) is 0 Å². The molecule has 0 saturated heterocycles. The number of allylic oxidation sites excluding steroid dienone is 1. The monoisotopic (exact) mass is 236 g/mol. The van der Waals surface area contributed by atoms with Crippen LogP contribution < -0.4 is 11.5 Å². The van der Waals surface area contributed by atoms with E-state index in [1.54, 1.807) is 0 Å². The quantitative estimate of drug-likeness (QED) is 0.478. The van der Waals surface area contributed by atoms with Crippen LogP contribution in [0.4, 0.5) is 0 Å². The Balaban J connectivity index is 2.89. The van der Waals surface area contributed by atoms with Crippen molar-refractivity contribution in [2.24, 2.45) is 21.7 Å². The fourth-order valence-corrected chi connectivity index (χ4v) is 1.23. The predicted octanol–water partition coefficient (Wildman–Crippen LogP) is 1.92. The maximum atomic E-state index is 6.15. The molecule has 0 aromatic heterocycles. The third-order valence-electron chi connectivity index (χ3n) is 1.80. The summed E-state index contributed by atoms with van der Waals surface area (Å²) in [5.41, 5.74) is 12.0. The van der Waals surface area contributed by atoms with Crippen LogP contribution in [-0.2, 0) is 0 Å². The SMILES string of the molecule is CC(/C=N/N=C(N)N)=C(/Cl)c1ccccc1. The van der Waals surface area contributed by atoms with E-state index in [1.807, 2.05) is 37.3 Å². The van der Waals surface area contributed by atoms with Crippen LogP contribution in [0.5, 0.6) is 0 Å². The molecule has 1 aromatic rings. The Kier molecular flexibility index (Phi) is 4.54. The Labute approximate surface area is 99.3 Å². The van der Waals surface area contributed by atoms with Gasteiger partial charge in [0.2, 0.25) is 5.96 Å². The molecule has 4 nitrogen and oxygen atoms in total. The summed E-state index contributed by atoms with van der Waals surface area (Å²) in [6.45, 7) is 1.83. The van der Waals surface area contributed by atoms with Gasteiger partial charge in [0, 0.05) is 0 Å². The highest BCUT2D eigenvalue weighted by Crippen LogP contribution is 2.21. The third kappa shape index (κ3) is 3.74. The van der Waals surface area contributed by atoms with Gasteiger partial charge in [-0.05, 0) is 18.1 Å². The molecule has 5 heteroatoms. The van der Waals surface area contributed by atoms with Crippen molar-refractivity contribution in [3.8, 4) is 0 Å². The largest absolute Gasteiger partial charge is 0.369 e. The third-order valence-corrected chi connectivity index (χ3v) is 2.31. The van der Waals surface area contributed by atoms with Gasteiger partial charge < -0.3 is 11.5 Å². The number of hydrogen-bond acceptors (Lipinski definition) is 2. The second-order valence-corrected chi connectivity index (χ2v) is 3.51. The maximum absolute atomic E-state index is 6.15. The van der Waals surface area contributed by atoms with Crippen LogP contribution in [-0.4, -0.2) is 12.2 Å². The van der Waals surface area contributed by atoms with Crippen molar-refractivity contribution >= 4 is 28.8 Å². The van der Waals surface area contributed by atoms with E-state index in [4.69, 9.17) is 23.1 Å². The predicted molar refractivity (Wildman–Crippen MR) is 69.2 cm³/mol. The zero-order chi connectivity index (χ0) is 12.0. The minimum Gasteiger partial charge on any atom is -0.369 e. The molecular weight excluding hydrogens is 224 g/mol. The molecule has 1 rings (SSSR count). The van der Waals surface area contributed by atoms with Gasteiger partial charge in [0.1, 0.15) is 0 Å². The van der Waals surface area contributed by atoms with Crippen molar-refractivity contribution in [3.63, 3.8) is 0 Å². The standard InChI is InChI=1S/C11H13ClN4/c1-8(7-15-16-11(13)14)10(12)9-5-3-2-4-6-9/h2-7H,1H3,(H4,13,14,16)/b10-8-,15-7+. The van der Waals surface area contributed by atoms with Gasteiger partial charge in [-0.2, -0.15) is 5.10 Å². The van der Waals surface area contributed by atoms with Gasteiger partial charge >= 0.3 is 0 Å². The normalized spacial score (nSPS) is 12.4. The lowest BCUT2D eigenvalue weighted by Gasteiger charge is -2.00. The van der Waals surface area contributed by atoms with Gasteiger partial charge in [0.05, 0.1) is 11.2 Å². The molecule has 0 amide bonds. The molecule has 84 valence electrons. The molecule has 0 bridgehead atoms. The van der Waals surface area contributed by atoms with Gasteiger partial charge in [-0.1, -0.05) is 41.9 Å². The Hall–Kier alpha value is -1.81. The molecule has 0 radical (unpaired) electrons. The van der Waals surface area contributed by atoms with Crippen LogP contribution in [0.25, 0.3) is 5.03 Å². The highest BCUT2D eigenvalue weighted by Gasteiger charge is 1.99. The van der Waals surface area contributed by atoms with Crippen LogP contribution in [0.1, 0.15) is 12.5 Å². The lowest BCUT2D eigenvalue weighted by Crippen LogP contribution is -2.21. The number of halogens is 1. The zero-order valence-electron chi connectivity index (χ0n) is 8.89. The van der Waals surface area contributed by atoms with Gasteiger partial charge in [0.15, 0.2) is 0 Å². The second-order valence-electron chi connectivity index (χ2n) is 3.13. The molecule has 0 aliphatic heterocycles. The lowest BCUT2D eigenvalue weighted by atomic mass is 10.1. The Morgan fingerprint density at radius 3 is 2.44 bits per heavy atom. The summed E-state index contributed by atoms with van der Waals surface area (Å²) in [7, 11) is 0. The number of guanidine groups is 1. The molecule has 0 spiro atoms. The lowest BCUT2D eigenvalue weighted by molar-refractivity contribution is 1.21. The van der Waals surface area contributed by atoms with Crippen LogP contribution >= 0.6 is 11.6 Å². The minimum atomic E-state index is -0.0834.